The highest BCUT2D eigenvalue weighted by Gasteiger charge is 2.19. The number of benzene rings is 1. The average Bonchev–Trinajstić information content (AvgIpc) is 3.36. The molecule has 134 valence electrons. The van der Waals surface area contributed by atoms with Crippen molar-refractivity contribution in [3.63, 3.8) is 0 Å². The van der Waals surface area contributed by atoms with Gasteiger partial charge in [-0.1, -0.05) is 0 Å². The van der Waals surface area contributed by atoms with Crippen molar-refractivity contribution >= 4 is 11.6 Å². The number of hydrogen-bond donors (Lipinski definition) is 2. The molecule has 1 aromatic carbocycles. The monoisotopic (exact) mass is 356 g/mol. The van der Waals surface area contributed by atoms with Crippen molar-refractivity contribution in [1.82, 2.24) is 25.0 Å². The largest absolute Gasteiger partial charge is 0.381 e. The van der Waals surface area contributed by atoms with Crippen LogP contribution >= 0.6 is 0 Å². The Morgan fingerprint density at radius 3 is 2.92 bits per heavy atom. The first-order chi connectivity index (χ1) is 12.7. The first-order valence-electron chi connectivity index (χ1n) is 8.30. The summed E-state index contributed by atoms with van der Waals surface area (Å²) in [5, 5.41) is 13.4. The van der Waals surface area contributed by atoms with Crippen LogP contribution in [0.1, 0.15) is 29.4 Å². The highest BCUT2D eigenvalue weighted by molar-refractivity contribution is 6.03. The molecule has 1 amide bonds. The summed E-state index contributed by atoms with van der Waals surface area (Å²) in [7, 11) is 0. The number of nitrogens with zero attached hydrogens (tertiary/aromatic N) is 4. The maximum atomic E-state index is 14.1. The fourth-order valence-corrected chi connectivity index (χ4v) is 2.91. The van der Waals surface area contributed by atoms with Crippen LogP contribution < -0.4 is 5.32 Å². The van der Waals surface area contributed by atoms with E-state index < -0.39 is 11.7 Å². The zero-order valence-electron chi connectivity index (χ0n) is 13.9. The van der Waals surface area contributed by atoms with E-state index in [1.165, 1.54) is 18.5 Å². The molecule has 0 saturated carbocycles. The number of ether oxygens (including phenoxy) is 1. The average molecular weight is 356 g/mol. The number of aromatic amines is 1. The van der Waals surface area contributed by atoms with E-state index in [1.807, 2.05) is 0 Å². The summed E-state index contributed by atoms with van der Waals surface area (Å²) in [6.45, 7) is 1.37. The molecule has 8 nitrogen and oxygen atoms in total. The van der Waals surface area contributed by atoms with E-state index in [0.717, 1.165) is 12.8 Å². The van der Waals surface area contributed by atoms with Crippen LogP contribution in [0.4, 0.5) is 10.1 Å². The second-order valence-corrected chi connectivity index (χ2v) is 6.01. The van der Waals surface area contributed by atoms with Gasteiger partial charge in [-0.25, -0.2) is 9.37 Å². The molecule has 1 saturated heterocycles. The molecule has 2 aromatic heterocycles. The number of anilines is 1. The first kappa shape index (κ1) is 16.4. The molecule has 0 atom stereocenters. The van der Waals surface area contributed by atoms with Crippen LogP contribution in [-0.2, 0) is 4.74 Å². The molecule has 2 N–H and O–H groups in total. The summed E-state index contributed by atoms with van der Waals surface area (Å²) in [6.07, 6.45) is 4.85. The number of hydrogen-bond acceptors (Lipinski definition) is 5. The van der Waals surface area contributed by atoms with Gasteiger partial charge in [-0.3, -0.25) is 14.6 Å². The van der Waals surface area contributed by atoms with Crippen molar-refractivity contribution in [2.45, 2.75) is 18.9 Å². The molecule has 26 heavy (non-hydrogen) atoms. The minimum Gasteiger partial charge on any atom is -0.381 e. The molecule has 1 fully saturated rings. The molecule has 0 aliphatic carbocycles. The van der Waals surface area contributed by atoms with Crippen molar-refractivity contribution in [2.75, 3.05) is 18.5 Å². The Morgan fingerprint density at radius 2 is 2.15 bits per heavy atom. The Bertz CT molecular complexity index is 902. The summed E-state index contributed by atoms with van der Waals surface area (Å²) < 4.78 is 21.2. The third-order valence-corrected chi connectivity index (χ3v) is 4.31. The summed E-state index contributed by atoms with van der Waals surface area (Å²) >= 11 is 0. The minimum absolute atomic E-state index is 0.0597. The quantitative estimate of drug-likeness (QED) is 0.748. The molecular formula is C17H17FN6O2. The second-order valence-electron chi connectivity index (χ2n) is 6.01. The summed E-state index contributed by atoms with van der Waals surface area (Å²) in [5.41, 5.74) is 0.914. The van der Waals surface area contributed by atoms with Crippen LogP contribution in [0, 0.1) is 5.82 Å². The lowest BCUT2D eigenvalue weighted by molar-refractivity contribution is 0.0661. The smallest absolute Gasteiger partial charge is 0.276 e. The van der Waals surface area contributed by atoms with Crippen LogP contribution in [0.15, 0.2) is 36.8 Å². The van der Waals surface area contributed by atoms with Crippen LogP contribution in [0.25, 0.3) is 11.4 Å². The molecule has 1 aliphatic rings. The van der Waals surface area contributed by atoms with E-state index in [4.69, 9.17) is 4.74 Å². The summed E-state index contributed by atoms with van der Waals surface area (Å²) in [6, 6.07) is 6.18. The molecule has 0 bridgehead atoms. The number of H-pyrrole nitrogens is 1. The number of aromatic nitrogens is 5. The van der Waals surface area contributed by atoms with Crippen molar-refractivity contribution in [2.24, 2.45) is 0 Å². The van der Waals surface area contributed by atoms with Gasteiger partial charge in [0.05, 0.1) is 11.7 Å². The van der Waals surface area contributed by atoms with Crippen molar-refractivity contribution in [1.29, 1.82) is 0 Å². The standard InChI is InChI=1S/C17H17FN6O2/c18-13-2-1-11(16-19-10-20-22-16)9-15(13)21-17(25)14-3-6-24(23-14)12-4-7-26-8-5-12/h1-3,6,9-10,12H,4-5,7-8H2,(H,21,25)(H,19,20,22). The first-order valence-corrected chi connectivity index (χ1v) is 8.30. The lowest BCUT2D eigenvalue weighted by Crippen LogP contribution is -2.21. The third kappa shape index (κ3) is 3.33. The van der Waals surface area contributed by atoms with Gasteiger partial charge in [0.25, 0.3) is 5.91 Å². The van der Waals surface area contributed by atoms with Gasteiger partial charge in [0.1, 0.15) is 12.1 Å². The summed E-state index contributed by atoms with van der Waals surface area (Å²) in [5.74, 6) is -0.515. The number of carbonyl (C=O) groups is 1. The normalized spacial score (nSPS) is 15.1. The molecule has 9 heteroatoms. The van der Waals surface area contributed by atoms with Gasteiger partial charge in [-0.05, 0) is 37.1 Å². The van der Waals surface area contributed by atoms with Gasteiger partial charge in [-0.2, -0.15) is 10.2 Å². The molecule has 0 radical (unpaired) electrons. The fourth-order valence-electron chi connectivity index (χ4n) is 2.91. The zero-order valence-corrected chi connectivity index (χ0v) is 13.9. The van der Waals surface area contributed by atoms with Crippen LogP contribution in [0.5, 0.6) is 0 Å². The summed E-state index contributed by atoms with van der Waals surface area (Å²) in [4.78, 5) is 16.5. The molecule has 1 aliphatic heterocycles. The number of carbonyl (C=O) groups excluding carboxylic acids is 1. The number of amides is 1. The Labute approximate surface area is 148 Å². The minimum atomic E-state index is -0.537. The second kappa shape index (κ2) is 7.04. The molecular weight excluding hydrogens is 339 g/mol. The molecule has 4 rings (SSSR count). The van der Waals surface area contributed by atoms with Crippen LogP contribution in [-0.4, -0.2) is 44.1 Å². The maximum Gasteiger partial charge on any atom is 0.276 e. The lowest BCUT2D eigenvalue weighted by atomic mass is 10.1. The Kier molecular flexibility index (Phi) is 4.44. The van der Waals surface area contributed by atoms with E-state index >= 15 is 0 Å². The third-order valence-electron chi connectivity index (χ3n) is 4.31. The molecule has 0 unspecified atom stereocenters. The van der Waals surface area contributed by atoms with Crippen LogP contribution in [0.3, 0.4) is 0 Å². The topological polar surface area (TPSA) is 97.7 Å². The highest BCUT2D eigenvalue weighted by Crippen LogP contribution is 2.23. The van der Waals surface area contributed by atoms with Crippen molar-refractivity contribution in [3.8, 4) is 11.4 Å². The van der Waals surface area contributed by atoms with Gasteiger partial charge in [0.15, 0.2) is 11.5 Å². The van der Waals surface area contributed by atoms with Gasteiger partial charge in [0.2, 0.25) is 0 Å². The van der Waals surface area contributed by atoms with Crippen molar-refractivity contribution in [3.05, 3.63) is 48.3 Å². The predicted octanol–water partition coefficient (Wildman–Crippen LogP) is 2.41. The van der Waals surface area contributed by atoms with E-state index in [9.17, 15) is 9.18 Å². The Morgan fingerprint density at radius 1 is 1.31 bits per heavy atom. The fraction of sp³-hybridized carbons (Fsp3) is 0.294. The lowest BCUT2D eigenvalue weighted by Gasteiger charge is -2.22. The number of nitrogens with one attached hydrogen (secondary N) is 2. The zero-order chi connectivity index (χ0) is 17.9. The SMILES string of the molecule is O=C(Nc1cc(-c2ncn[nH]2)ccc1F)c1ccn(C2CCOCC2)n1. The number of rotatable bonds is 4. The van der Waals surface area contributed by atoms with E-state index in [1.54, 1.807) is 23.0 Å². The van der Waals surface area contributed by atoms with Gasteiger partial charge < -0.3 is 10.1 Å². The van der Waals surface area contributed by atoms with E-state index in [0.29, 0.717) is 24.6 Å². The highest BCUT2D eigenvalue weighted by atomic mass is 19.1. The molecule has 3 heterocycles. The van der Waals surface area contributed by atoms with Crippen molar-refractivity contribution < 1.29 is 13.9 Å². The van der Waals surface area contributed by atoms with Gasteiger partial charge >= 0.3 is 0 Å². The van der Waals surface area contributed by atoms with Gasteiger partial charge in [-0.15, -0.1) is 0 Å². The van der Waals surface area contributed by atoms with Crippen LogP contribution in [0.2, 0.25) is 0 Å². The van der Waals surface area contributed by atoms with E-state index in [-0.39, 0.29) is 17.4 Å². The molecule has 3 aromatic rings. The Balaban J connectivity index is 1.51. The Hall–Kier alpha value is -3.07. The maximum absolute atomic E-state index is 14.1. The molecule has 0 spiro atoms. The predicted molar refractivity (Wildman–Crippen MR) is 91.0 cm³/mol. The number of halogens is 1. The van der Waals surface area contributed by atoms with Gasteiger partial charge in [0, 0.05) is 25.0 Å². The van der Waals surface area contributed by atoms with E-state index in [2.05, 4.69) is 25.6 Å².